The molecule has 0 bridgehead atoms. The Hall–Kier alpha value is -0.880. The van der Waals surface area contributed by atoms with Crippen LogP contribution in [0, 0.1) is 0 Å². The third-order valence-electron chi connectivity index (χ3n) is 1.62. The van der Waals surface area contributed by atoms with Crippen LogP contribution in [0.2, 0.25) is 0 Å². The zero-order valence-corrected chi connectivity index (χ0v) is 8.78. The molecule has 0 fully saturated rings. The lowest BCUT2D eigenvalue weighted by molar-refractivity contribution is -0.144. The van der Waals surface area contributed by atoms with E-state index in [2.05, 4.69) is 0 Å². The van der Waals surface area contributed by atoms with Crippen LogP contribution in [0.25, 0.3) is 0 Å². The molecule has 1 aliphatic carbocycles. The van der Waals surface area contributed by atoms with E-state index < -0.39 is 16.2 Å². The Kier molecular flexibility index (Phi) is 3.28. The van der Waals surface area contributed by atoms with Gasteiger partial charge in [0.15, 0.2) is 0 Å². The molecule has 0 heterocycles. The molecule has 1 rings (SSSR count). The minimum absolute atomic E-state index is 0.354. The highest BCUT2D eigenvalue weighted by molar-refractivity contribution is 7.86. The third-order valence-corrected chi connectivity index (χ3v) is 2.22. The summed E-state index contributed by atoms with van der Waals surface area (Å²) >= 11 is 0. The summed E-state index contributed by atoms with van der Waals surface area (Å²) in [6.07, 6.45) is 3.65. The zero-order chi connectivity index (χ0) is 10.8. The number of rotatable bonds is 3. The minimum Gasteiger partial charge on any atom is -0.458 e. The van der Waals surface area contributed by atoms with Crippen LogP contribution in [0.3, 0.4) is 0 Å². The van der Waals surface area contributed by atoms with Gasteiger partial charge < -0.3 is 4.74 Å². The van der Waals surface area contributed by atoms with Crippen molar-refractivity contribution >= 4 is 16.1 Å². The van der Waals surface area contributed by atoms with Crippen molar-refractivity contribution in [2.24, 2.45) is 0 Å². The van der Waals surface area contributed by atoms with E-state index in [1.165, 1.54) is 6.92 Å². The molecule has 0 radical (unpaired) electrons. The van der Waals surface area contributed by atoms with Gasteiger partial charge in [-0.1, -0.05) is 6.08 Å². The van der Waals surface area contributed by atoms with Crippen LogP contribution < -0.4 is 0 Å². The predicted molar refractivity (Wildman–Crippen MR) is 49.0 cm³/mol. The lowest BCUT2D eigenvalue weighted by Gasteiger charge is -2.11. The molecule has 6 heteroatoms. The lowest BCUT2D eigenvalue weighted by Crippen LogP contribution is -2.18. The molecule has 80 valence electrons. The molecule has 0 aromatic heterocycles. The Morgan fingerprint density at radius 2 is 1.93 bits per heavy atom. The minimum atomic E-state index is -3.45. The van der Waals surface area contributed by atoms with Crippen molar-refractivity contribution in [1.82, 2.24) is 0 Å². The number of ether oxygens (including phenoxy) is 1. The highest BCUT2D eigenvalue weighted by atomic mass is 32.2. The first-order valence-electron chi connectivity index (χ1n) is 4.10. The van der Waals surface area contributed by atoms with Gasteiger partial charge in [0, 0.05) is 13.3 Å². The first-order chi connectivity index (χ1) is 6.37. The highest BCUT2D eigenvalue weighted by Crippen LogP contribution is 2.18. The summed E-state index contributed by atoms with van der Waals surface area (Å²) in [5.74, 6) is -0.389. The van der Waals surface area contributed by atoms with E-state index in [-0.39, 0.29) is 12.1 Å². The summed E-state index contributed by atoms with van der Waals surface area (Å²) in [5.41, 5.74) is 0. The quantitative estimate of drug-likeness (QED) is 0.386. The van der Waals surface area contributed by atoms with E-state index in [1.807, 2.05) is 0 Å². The second kappa shape index (κ2) is 4.10. The summed E-state index contributed by atoms with van der Waals surface area (Å²) in [6, 6.07) is 0. The lowest BCUT2D eigenvalue weighted by atomic mass is 10.3. The summed E-state index contributed by atoms with van der Waals surface area (Å²) in [6.45, 7) is 1.30. The van der Waals surface area contributed by atoms with Crippen LogP contribution >= 0.6 is 0 Å². The Morgan fingerprint density at radius 3 is 2.43 bits per heavy atom. The summed E-state index contributed by atoms with van der Waals surface area (Å²) in [5, 5.41) is 0. The van der Waals surface area contributed by atoms with Gasteiger partial charge in [-0.05, 0) is 6.08 Å². The molecular weight excluding hydrogens is 208 g/mol. The predicted octanol–water partition coefficient (Wildman–Crippen LogP) is 0.223. The van der Waals surface area contributed by atoms with Crippen molar-refractivity contribution in [3.8, 4) is 0 Å². The molecule has 5 nitrogen and oxygen atoms in total. The fraction of sp³-hybridized carbons (Fsp3) is 0.625. The van der Waals surface area contributed by atoms with Gasteiger partial charge in [-0.2, -0.15) is 8.42 Å². The fourth-order valence-corrected chi connectivity index (χ4v) is 1.82. The van der Waals surface area contributed by atoms with Crippen LogP contribution in [0.4, 0.5) is 0 Å². The molecule has 2 atom stereocenters. The Morgan fingerprint density at radius 1 is 1.36 bits per heavy atom. The summed E-state index contributed by atoms with van der Waals surface area (Å²) < 4.78 is 31.1. The van der Waals surface area contributed by atoms with E-state index in [0.29, 0.717) is 6.42 Å². The largest absolute Gasteiger partial charge is 0.458 e. The second-order valence-electron chi connectivity index (χ2n) is 3.11. The van der Waals surface area contributed by atoms with Crippen LogP contribution in [0.1, 0.15) is 13.3 Å². The average molecular weight is 220 g/mol. The van der Waals surface area contributed by atoms with E-state index >= 15 is 0 Å². The van der Waals surface area contributed by atoms with Crippen molar-refractivity contribution in [3.05, 3.63) is 12.2 Å². The van der Waals surface area contributed by atoms with E-state index in [0.717, 1.165) is 6.26 Å². The second-order valence-corrected chi connectivity index (χ2v) is 4.71. The first-order valence-corrected chi connectivity index (χ1v) is 5.92. The van der Waals surface area contributed by atoms with Crippen molar-refractivity contribution < 1.29 is 22.1 Å². The topological polar surface area (TPSA) is 69.7 Å². The molecular formula is C8H12O5S. The van der Waals surface area contributed by atoms with Crippen LogP contribution in [0.15, 0.2) is 12.2 Å². The summed E-state index contributed by atoms with van der Waals surface area (Å²) in [4.78, 5) is 10.6. The number of esters is 1. The molecule has 0 spiro atoms. The number of hydrogen-bond acceptors (Lipinski definition) is 5. The van der Waals surface area contributed by atoms with Gasteiger partial charge in [0.25, 0.3) is 10.1 Å². The Labute approximate surface area is 82.8 Å². The summed E-state index contributed by atoms with van der Waals surface area (Å²) in [7, 11) is -3.45. The Bertz CT molecular complexity index is 343. The van der Waals surface area contributed by atoms with Gasteiger partial charge in [0.05, 0.1) is 12.4 Å². The maximum Gasteiger partial charge on any atom is 0.303 e. The van der Waals surface area contributed by atoms with Gasteiger partial charge in [-0.3, -0.25) is 8.98 Å². The van der Waals surface area contributed by atoms with Crippen molar-refractivity contribution in [2.75, 3.05) is 6.26 Å². The normalized spacial score (nSPS) is 26.4. The molecule has 0 N–H and O–H groups in total. The SMILES string of the molecule is CC(=O)O[C@H]1C=C[C@@H](OS(C)(=O)=O)C1. The van der Waals surface area contributed by atoms with Crippen molar-refractivity contribution in [2.45, 2.75) is 25.6 Å². The van der Waals surface area contributed by atoms with Gasteiger partial charge in [-0.25, -0.2) is 0 Å². The zero-order valence-electron chi connectivity index (χ0n) is 7.97. The molecule has 0 saturated heterocycles. The molecule has 0 aliphatic heterocycles. The van der Waals surface area contributed by atoms with Gasteiger partial charge >= 0.3 is 5.97 Å². The van der Waals surface area contributed by atoms with E-state index in [9.17, 15) is 13.2 Å². The molecule has 0 amide bonds. The fourth-order valence-electron chi connectivity index (χ4n) is 1.23. The molecule has 1 aliphatic rings. The molecule has 0 aromatic carbocycles. The van der Waals surface area contributed by atoms with E-state index in [4.69, 9.17) is 8.92 Å². The van der Waals surface area contributed by atoms with Crippen molar-refractivity contribution in [3.63, 3.8) is 0 Å². The maximum atomic E-state index is 10.8. The number of carbonyl (C=O) groups is 1. The molecule has 14 heavy (non-hydrogen) atoms. The first kappa shape index (κ1) is 11.2. The number of hydrogen-bond donors (Lipinski definition) is 0. The number of carbonyl (C=O) groups excluding carboxylic acids is 1. The standard InChI is InChI=1S/C8H12O5S/c1-6(9)12-7-3-4-8(5-7)13-14(2,10)11/h3-4,7-8H,5H2,1-2H3/t7-,8+/m0/s1. The monoisotopic (exact) mass is 220 g/mol. The van der Waals surface area contributed by atoms with Crippen molar-refractivity contribution in [1.29, 1.82) is 0 Å². The smallest absolute Gasteiger partial charge is 0.303 e. The highest BCUT2D eigenvalue weighted by Gasteiger charge is 2.24. The van der Waals surface area contributed by atoms with Gasteiger partial charge in [-0.15, -0.1) is 0 Å². The Balaban J connectivity index is 2.44. The average Bonchev–Trinajstić information content (AvgIpc) is 2.30. The molecule has 0 saturated carbocycles. The van der Waals surface area contributed by atoms with E-state index in [1.54, 1.807) is 12.2 Å². The molecule has 0 aromatic rings. The maximum absolute atomic E-state index is 10.8. The van der Waals surface area contributed by atoms with Gasteiger partial charge in [0.2, 0.25) is 0 Å². The van der Waals surface area contributed by atoms with Crippen LogP contribution in [0.5, 0.6) is 0 Å². The van der Waals surface area contributed by atoms with Crippen LogP contribution in [-0.2, 0) is 23.8 Å². The van der Waals surface area contributed by atoms with Gasteiger partial charge in [0.1, 0.15) is 6.10 Å². The van der Waals surface area contributed by atoms with Crippen LogP contribution in [-0.4, -0.2) is 32.9 Å². The third kappa shape index (κ3) is 3.89. The molecule has 0 unspecified atom stereocenters.